The molecule has 0 saturated carbocycles. The highest BCUT2D eigenvalue weighted by molar-refractivity contribution is 5.85. The first kappa shape index (κ1) is 19.1. The summed E-state index contributed by atoms with van der Waals surface area (Å²) >= 11 is 0. The number of rotatable bonds is 4. The van der Waals surface area contributed by atoms with E-state index in [2.05, 4.69) is 28.9 Å². The first-order valence-corrected chi connectivity index (χ1v) is 7.33. The van der Waals surface area contributed by atoms with Crippen LogP contribution in [0, 0.1) is 0 Å². The lowest BCUT2D eigenvalue weighted by Crippen LogP contribution is -2.45. The van der Waals surface area contributed by atoms with Crippen LogP contribution in [0.1, 0.15) is 18.0 Å². The quantitative estimate of drug-likeness (QED) is 0.850. The second-order valence-electron chi connectivity index (χ2n) is 5.23. The Balaban J connectivity index is 0.00000121. The molecule has 2 heterocycles. The lowest BCUT2D eigenvalue weighted by atomic mass is 10.0. The second kappa shape index (κ2) is 9.26. The molecule has 1 N–H and O–H groups in total. The summed E-state index contributed by atoms with van der Waals surface area (Å²) in [6.45, 7) is 9.44. The van der Waals surface area contributed by atoms with Crippen LogP contribution < -0.4 is 14.8 Å². The topological polar surface area (TPSA) is 33.7 Å². The number of ether oxygens (including phenoxy) is 2. The van der Waals surface area contributed by atoms with E-state index in [0.717, 1.165) is 44.1 Å². The number of fused-ring (bicyclic) bond motifs is 1. The van der Waals surface area contributed by atoms with Gasteiger partial charge in [-0.2, -0.15) is 0 Å². The van der Waals surface area contributed by atoms with Crippen molar-refractivity contribution in [2.75, 3.05) is 39.4 Å². The zero-order chi connectivity index (χ0) is 13.8. The van der Waals surface area contributed by atoms with Crippen molar-refractivity contribution in [3.05, 3.63) is 36.4 Å². The van der Waals surface area contributed by atoms with Crippen LogP contribution in [-0.4, -0.2) is 44.3 Å². The van der Waals surface area contributed by atoms with Crippen LogP contribution in [-0.2, 0) is 0 Å². The molecule has 6 heteroatoms. The maximum atomic E-state index is 5.70. The van der Waals surface area contributed by atoms with Crippen LogP contribution in [0.15, 0.2) is 30.9 Å². The smallest absolute Gasteiger partial charge is 0.161 e. The average molecular weight is 347 g/mol. The maximum absolute atomic E-state index is 5.70. The molecule has 3 rings (SSSR count). The van der Waals surface area contributed by atoms with Crippen molar-refractivity contribution in [3.63, 3.8) is 0 Å². The fourth-order valence-electron chi connectivity index (χ4n) is 2.91. The Kier molecular flexibility index (Phi) is 8.04. The fourth-order valence-corrected chi connectivity index (χ4v) is 2.91. The predicted octanol–water partition coefficient (Wildman–Crippen LogP) is 2.82. The Labute approximate surface area is 144 Å². The van der Waals surface area contributed by atoms with Crippen molar-refractivity contribution in [3.8, 4) is 11.5 Å². The highest BCUT2D eigenvalue weighted by atomic mass is 35.5. The van der Waals surface area contributed by atoms with E-state index in [1.807, 2.05) is 12.1 Å². The molecule has 2 aliphatic rings. The number of hydrogen-bond donors (Lipinski definition) is 1. The molecular formula is C16H24Cl2N2O2. The number of piperazine rings is 1. The lowest BCUT2D eigenvalue weighted by molar-refractivity contribution is 0.165. The molecule has 0 amide bonds. The minimum Gasteiger partial charge on any atom is -0.486 e. The third kappa shape index (κ3) is 4.29. The van der Waals surface area contributed by atoms with Crippen molar-refractivity contribution in [2.45, 2.75) is 12.5 Å². The molecule has 1 aromatic carbocycles. The summed E-state index contributed by atoms with van der Waals surface area (Å²) in [5, 5.41) is 3.40. The summed E-state index contributed by atoms with van der Waals surface area (Å²) in [6.07, 6.45) is 2.96. The Morgan fingerprint density at radius 2 is 1.82 bits per heavy atom. The minimum absolute atomic E-state index is 0. The summed E-state index contributed by atoms with van der Waals surface area (Å²) < 4.78 is 11.3. The summed E-state index contributed by atoms with van der Waals surface area (Å²) in [5.74, 6) is 1.73. The van der Waals surface area contributed by atoms with E-state index in [1.54, 1.807) is 0 Å². The Morgan fingerprint density at radius 1 is 1.14 bits per heavy atom. The summed E-state index contributed by atoms with van der Waals surface area (Å²) in [5.41, 5.74) is 1.29. The van der Waals surface area contributed by atoms with Crippen molar-refractivity contribution < 1.29 is 9.47 Å². The van der Waals surface area contributed by atoms with Gasteiger partial charge in [0.25, 0.3) is 0 Å². The summed E-state index contributed by atoms with van der Waals surface area (Å²) in [7, 11) is 0. The Bertz CT molecular complexity index is 479. The molecule has 1 fully saturated rings. The monoisotopic (exact) mass is 346 g/mol. The SMILES string of the molecule is C=CC[C@@H](c1ccc2c(c1)OCCO2)N1CCNCC1.Cl.Cl. The van der Waals surface area contributed by atoms with Gasteiger partial charge in [-0.05, 0) is 24.1 Å². The molecule has 0 aromatic heterocycles. The first-order chi connectivity index (χ1) is 9.88. The van der Waals surface area contributed by atoms with Crippen LogP contribution in [0.3, 0.4) is 0 Å². The second-order valence-corrected chi connectivity index (χ2v) is 5.23. The molecular weight excluding hydrogens is 323 g/mol. The van der Waals surface area contributed by atoms with E-state index in [9.17, 15) is 0 Å². The van der Waals surface area contributed by atoms with Gasteiger partial charge in [0.1, 0.15) is 13.2 Å². The van der Waals surface area contributed by atoms with E-state index in [-0.39, 0.29) is 24.8 Å². The van der Waals surface area contributed by atoms with E-state index in [1.165, 1.54) is 5.56 Å². The van der Waals surface area contributed by atoms with Gasteiger partial charge in [-0.25, -0.2) is 0 Å². The molecule has 4 nitrogen and oxygen atoms in total. The van der Waals surface area contributed by atoms with Gasteiger partial charge in [-0.15, -0.1) is 31.4 Å². The normalized spacial score (nSPS) is 18.5. The van der Waals surface area contributed by atoms with Crippen LogP contribution in [0.2, 0.25) is 0 Å². The zero-order valence-electron chi connectivity index (χ0n) is 12.6. The fraction of sp³-hybridized carbons (Fsp3) is 0.500. The van der Waals surface area contributed by atoms with E-state index >= 15 is 0 Å². The molecule has 0 radical (unpaired) electrons. The predicted molar refractivity (Wildman–Crippen MR) is 93.9 cm³/mol. The number of nitrogens with zero attached hydrogens (tertiary/aromatic N) is 1. The highest BCUT2D eigenvalue weighted by Crippen LogP contribution is 2.35. The molecule has 22 heavy (non-hydrogen) atoms. The molecule has 0 spiro atoms. The van der Waals surface area contributed by atoms with Gasteiger partial charge in [0.05, 0.1) is 0 Å². The van der Waals surface area contributed by atoms with Crippen LogP contribution in [0.25, 0.3) is 0 Å². The van der Waals surface area contributed by atoms with E-state index in [4.69, 9.17) is 9.47 Å². The van der Waals surface area contributed by atoms with Gasteiger partial charge in [-0.1, -0.05) is 12.1 Å². The van der Waals surface area contributed by atoms with Crippen molar-refractivity contribution >= 4 is 24.8 Å². The van der Waals surface area contributed by atoms with Gasteiger partial charge in [0.15, 0.2) is 11.5 Å². The van der Waals surface area contributed by atoms with Gasteiger partial charge in [0.2, 0.25) is 0 Å². The van der Waals surface area contributed by atoms with Crippen molar-refractivity contribution in [1.29, 1.82) is 0 Å². The molecule has 2 aliphatic heterocycles. The Morgan fingerprint density at radius 3 is 2.50 bits per heavy atom. The van der Waals surface area contributed by atoms with Crippen LogP contribution in [0.4, 0.5) is 0 Å². The lowest BCUT2D eigenvalue weighted by Gasteiger charge is -2.35. The van der Waals surface area contributed by atoms with Crippen LogP contribution >= 0.6 is 24.8 Å². The summed E-state index contributed by atoms with van der Waals surface area (Å²) in [6, 6.07) is 6.70. The number of nitrogens with one attached hydrogen (secondary N) is 1. The number of halogens is 2. The van der Waals surface area contributed by atoms with Gasteiger partial charge < -0.3 is 14.8 Å². The van der Waals surface area contributed by atoms with E-state index in [0.29, 0.717) is 19.3 Å². The molecule has 1 saturated heterocycles. The molecule has 0 aliphatic carbocycles. The number of hydrogen-bond acceptors (Lipinski definition) is 4. The summed E-state index contributed by atoms with van der Waals surface area (Å²) in [4.78, 5) is 2.52. The van der Waals surface area contributed by atoms with Crippen LogP contribution in [0.5, 0.6) is 11.5 Å². The standard InChI is InChI=1S/C16H22N2O2.2ClH/c1-2-3-14(18-8-6-17-7-9-18)13-4-5-15-16(12-13)20-11-10-19-15;;/h2,4-5,12,14,17H,1,3,6-11H2;2*1H/t14-;;/m0../s1. The van der Waals surface area contributed by atoms with E-state index < -0.39 is 0 Å². The zero-order valence-corrected chi connectivity index (χ0v) is 14.3. The average Bonchev–Trinajstić information content (AvgIpc) is 2.53. The Hall–Kier alpha value is -0.940. The number of benzene rings is 1. The molecule has 124 valence electrons. The minimum atomic E-state index is 0. The first-order valence-electron chi connectivity index (χ1n) is 7.33. The molecule has 1 aromatic rings. The third-order valence-electron chi connectivity index (χ3n) is 3.93. The molecule has 1 atom stereocenters. The van der Waals surface area contributed by atoms with Gasteiger partial charge in [-0.3, -0.25) is 4.90 Å². The van der Waals surface area contributed by atoms with Gasteiger partial charge >= 0.3 is 0 Å². The third-order valence-corrected chi connectivity index (χ3v) is 3.93. The van der Waals surface area contributed by atoms with Crippen molar-refractivity contribution in [1.82, 2.24) is 10.2 Å². The molecule has 0 bridgehead atoms. The maximum Gasteiger partial charge on any atom is 0.161 e. The van der Waals surface area contributed by atoms with Gasteiger partial charge in [0, 0.05) is 32.2 Å². The molecule has 0 unspecified atom stereocenters. The largest absolute Gasteiger partial charge is 0.486 e. The van der Waals surface area contributed by atoms with Crippen molar-refractivity contribution in [2.24, 2.45) is 0 Å². The highest BCUT2D eigenvalue weighted by Gasteiger charge is 2.23.